The van der Waals surface area contributed by atoms with Gasteiger partial charge in [-0.15, -0.1) is 0 Å². The number of nitro benzene ring substituents is 1. The Bertz CT molecular complexity index is 688. The number of hydrogen-bond acceptors (Lipinski definition) is 7. The average Bonchev–Trinajstić information content (AvgIpc) is 2.53. The fourth-order valence-corrected chi connectivity index (χ4v) is 1.88. The fourth-order valence-electron chi connectivity index (χ4n) is 1.42. The second-order valence-corrected chi connectivity index (χ2v) is 5.02. The molecule has 0 radical (unpaired) electrons. The minimum atomic E-state index is -0.888. The van der Waals surface area contributed by atoms with Crippen LogP contribution >= 0.6 is 15.9 Å². The number of benzene rings is 1. The van der Waals surface area contributed by atoms with Crippen molar-refractivity contribution in [3.05, 3.63) is 44.9 Å². The van der Waals surface area contributed by atoms with Crippen molar-refractivity contribution < 1.29 is 28.8 Å². The quantitative estimate of drug-likeness (QED) is 0.320. The van der Waals surface area contributed by atoms with Gasteiger partial charge in [0, 0.05) is 28.8 Å². The summed E-state index contributed by atoms with van der Waals surface area (Å²) in [5.41, 5.74) is 0.138. The van der Waals surface area contributed by atoms with Gasteiger partial charge in [0.15, 0.2) is 6.61 Å². The van der Waals surface area contributed by atoms with Gasteiger partial charge in [-0.1, -0.05) is 0 Å². The Balaban J connectivity index is 2.51. The first kappa shape index (κ1) is 19.3. The van der Waals surface area contributed by atoms with Gasteiger partial charge in [0.2, 0.25) is 0 Å². The van der Waals surface area contributed by atoms with Crippen LogP contribution in [0.25, 0.3) is 0 Å². The summed E-state index contributed by atoms with van der Waals surface area (Å²) in [5, 5.41) is 13.0. The molecule has 0 saturated heterocycles. The van der Waals surface area contributed by atoms with Crippen LogP contribution in [0.4, 0.5) is 11.4 Å². The van der Waals surface area contributed by atoms with E-state index in [-0.39, 0.29) is 18.0 Å². The fraction of sp³-hybridized carbons (Fsp3) is 0.214. The maximum Gasteiger partial charge on any atom is 0.331 e. The molecule has 1 rings (SSSR count). The molecule has 1 amide bonds. The highest BCUT2D eigenvalue weighted by molar-refractivity contribution is 9.10. The molecule has 0 aliphatic carbocycles. The van der Waals surface area contributed by atoms with Gasteiger partial charge in [-0.25, -0.2) is 9.59 Å². The third kappa shape index (κ3) is 6.57. The van der Waals surface area contributed by atoms with E-state index in [1.54, 1.807) is 6.92 Å². The molecule has 0 aromatic heterocycles. The molecule has 0 saturated carbocycles. The molecule has 0 bridgehead atoms. The lowest BCUT2D eigenvalue weighted by atomic mass is 10.3. The molecule has 0 aliphatic rings. The number of esters is 2. The summed E-state index contributed by atoms with van der Waals surface area (Å²) in [6.07, 6.45) is 1.73. The topological polar surface area (TPSA) is 125 Å². The molecule has 10 heteroatoms. The predicted octanol–water partition coefficient (Wildman–Crippen LogP) is 1.96. The van der Waals surface area contributed by atoms with E-state index in [9.17, 15) is 24.5 Å². The van der Waals surface area contributed by atoms with E-state index in [4.69, 9.17) is 0 Å². The zero-order valence-corrected chi connectivity index (χ0v) is 14.1. The summed E-state index contributed by atoms with van der Waals surface area (Å²) in [6, 6.07) is 3.78. The Hall–Kier alpha value is -2.75. The van der Waals surface area contributed by atoms with E-state index >= 15 is 0 Å². The van der Waals surface area contributed by atoms with Crippen molar-refractivity contribution in [2.75, 3.05) is 18.5 Å². The number of nitro groups is 1. The summed E-state index contributed by atoms with van der Waals surface area (Å²) in [5.74, 6) is -2.24. The van der Waals surface area contributed by atoms with Crippen LogP contribution in [-0.4, -0.2) is 36.0 Å². The van der Waals surface area contributed by atoms with Gasteiger partial charge < -0.3 is 14.8 Å². The second-order valence-electron chi connectivity index (χ2n) is 4.16. The number of carbonyl (C=O) groups excluding carboxylic acids is 3. The molecule has 0 spiro atoms. The predicted molar refractivity (Wildman–Crippen MR) is 86.2 cm³/mol. The van der Waals surface area contributed by atoms with Crippen molar-refractivity contribution in [3.63, 3.8) is 0 Å². The third-order valence-corrected chi connectivity index (χ3v) is 3.08. The summed E-state index contributed by atoms with van der Waals surface area (Å²) in [6.45, 7) is 1.20. The number of hydrogen-bond donors (Lipinski definition) is 1. The van der Waals surface area contributed by atoms with Gasteiger partial charge in [0.1, 0.15) is 0 Å². The van der Waals surface area contributed by atoms with E-state index in [2.05, 4.69) is 30.7 Å². The van der Waals surface area contributed by atoms with Crippen LogP contribution in [0, 0.1) is 10.1 Å². The molecule has 1 aromatic carbocycles. The highest BCUT2D eigenvalue weighted by Gasteiger charge is 2.12. The van der Waals surface area contributed by atoms with E-state index in [1.807, 2.05) is 0 Å². The van der Waals surface area contributed by atoms with Gasteiger partial charge in [0.05, 0.1) is 17.2 Å². The Kier molecular flexibility index (Phi) is 7.56. The summed E-state index contributed by atoms with van der Waals surface area (Å²) in [4.78, 5) is 44.0. The van der Waals surface area contributed by atoms with Crippen molar-refractivity contribution in [2.24, 2.45) is 0 Å². The number of nitrogens with one attached hydrogen (secondary N) is 1. The van der Waals surface area contributed by atoms with Crippen molar-refractivity contribution in [1.29, 1.82) is 0 Å². The first-order valence-electron chi connectivity index (χ1n) is 6.59. The first-order chi connectivity index (χ1) is 11.3. The number of nitrogens with zero attached hydrogens (tertiary/aromatic N) is 1. The molecule has 24 heavy (non-hydrogen) atoms. The van der Waals surface area contributed by atoms with Gasteiger partial charge in [0.25, 0.3) is 11.6 Å². The third-order valence-electron chi connectivity index (χ3n) is 2.43. The molecule has 0 heterocycles. The normalized spacial score (nSPS) is 10.2. The summed E-state index contributed by atoms with van der Waals surface area (Å²) >= 11 is 3.09. The van der Waals surface area contributed by atoms with Gasteiger partial charge in [-0.05, 0) is 28.9 Å². The molecular weight excluding hydrogens is 388 g/mol. The van der Waals surface area contributed by atoms with Crippen LogP contribution in [0.3, 0.4) is 0 Å². The Morgan fingerprint density at radius 2 is 1.88 bits per heavy atom. The van der Waals surface area contributed by atoms with Gasteiger partial charge in [-0.2, -0.15) is 0 Å². The van der Waals surface area contributed by atoms with E-state index in [1.165, 1.54) is 18.2 Å². The highest BCUT2D eigenvalue weighted by atomic mass is 79.9. The van der Waals surface area contributed by atoms with Crippen molar-refractivity contribution in [1.82, 2.24) is 0 Å². The van der Waals surface area contributed by atoms with E-state index in [0.29, 0.717) is 4.47 Å². The van der Waals surface area contributed by atoms with Gasteiger partial charge >= 0.3 is 11.9 Å². The summed E-state index contributed by atoms with van der Waals surface area (Å²) in [7, 11) is 0. The summed E-state index contributed by atoms with van der Waals surface area (Å²) < 4.78 is 9.51. The zero-order chi connectivity index (χ0) is 18.1. The molecular formula is C14H13BrN2O7. The monoisotopic (exact) mass is 400 g/mol. The molecule has 0 atom stereocenters. The molecule has 9 nitrogen and oxygen atoms in total. The number of carbonyl (C=O) groups is 3. The lowest BCUT2D eigenvalue weighted by Gasteiger charge is -2.07. The first-order valence-corrected chi connectivity index (χ1v) is 7.38. The highest BCUT2D eigenvalue weighted by Crippen LogP contribution is 2.26. The number of non-ortho nitro benzene ring substituents is 1. The Labute approximate surface area is 144 Å². The molecule has 1 aromatic rings. The van der Waals surface area contributed by atoms with Crippen LogP contribution < -0.4 is 5.32 Å². The van der Waals surface area contributed by atoms with E-state index < -0.39 is 29.4 Å². The van der Waals surface area contributed by atoms with Crippen molar-refractivity contribution in [3.8, 4) is 0 Å². The van der Waals surface area contributed by atoms with Crippen LogP contribution in [0.1, 0.15) is 6.92 Å². The van der Waals surface area contributed by atoms with Crippen LogP contribution in [0.2, 0.25) is 0 Å². The molecule has 1 N–H and O–H groups in total. The molecule has 128 valence electrons. The van der Waals surface area contributed by atoms with Crippen molar-refractivity contribution in [2.45, 2.75) is 6.92 Å². The average molecular weight is 401 g/mol. The number of rotatable bonds is 7. The molecule has 0 fully saturated rings. The van der Waals surface area contributed by atoms with Crippen LogP contribution in [-0.2, 0) is 23.9 Å². The number of ether oxygens (including phenoxy) is 2. The Morgan fingerprint density at radius 1 is 1.25 bits per heavy atom. The maximum absolute atomic E-state index is 11.7. The van der Waals surface area contributed by atoms with Crippen molar-refractivity contribution >= 4 is 45.2 Å². The Morgan fingerprint density at radius 3 is 2.42 bits per heavy atom. The standard InChI is InChI=1S/C14H13BrN2O7/c1-2-23-13(19)5-6-14(20)24-8-12(18)16-11-4-3-9(17(21)22)7-10(11)15/h3-7H,2,8H2,1H3,(H,16,18)/b6-5+. The number of anilines is 1. The maximum atomic E-state index is 11.7. The minimum absolute atomic E-state index is 0.143. The smallest absolute Gasteiger partial charge is 0.331 e. The number of halogens is 1. The van der Waals surface area contributed by atoms with Crippen LogP contribution in [0.15, 0.2) is 34.8 Å². The number of amides is 1. The lowest BCUT2D eigenvalue weighted by Crippen LogP contribution is -2.20. The largest absolute Gasteiger partial charge is 0.463 e. The molecule has 0 unspecified atom stereocenters. The zero-order valence-electron chi connectivity index (χ0n) is 12.5. The van der Waals surface area contributed by atoms with Gasteiger partial charge in [-0.3, -0.25) is 14.9 Å². The van der Waals surface area contributed by atoms with E-state index in [0.717, 1.165) is 12.2 Å². The minimum Gasteiger partial charge on any atom is -0.463 e. The SMILES string of the molecule is CCOC(=O)/C=C/C(=O)OCC(=O)Nc1ccc([N+](=O)[O-])cc1Br. The molecule has 0 aliphatic heterocycles. The lowest BCUT2D eigenvalue weighted by molar-refractivity contribution is -0.384. The van der Waals surface area contributed by atoms with Crippen LogP contribution in [0.5, 0.6) is 0 Å². The second kappa shape index (κ2) is 9.40.